The lowest BCUT2D eigenvalue weighted by Gasteiger charge is -2.07. The van der Waals surface area contributed by atoms with Gasteiger partial charge in [-0.25, -0.2) is 0 Å². The molecule has 0 radical (unpaired) electrons. The first-order chi connectivity index (χ1) is 13.5. The van der Waals surface area contributed by atoms with Crippen LogP contribution in [0.25, 0.3) is 0 Å². The van der Waals surface area contributed by atoms with Crippen molar-refractivity contribution < 1.29 is 49.8 Å². The van der Waals surface area contributed by atoms with Crippen molar-refractivity contribution in [2.24, 2.45) is 34.8 Å². The highest BCUT2D eigenvalue weighted by Gasteiger charge is 2.15. The van der Waals surface area contributed by atoms with E-state index < -0.39 is 61.3 Å². The zero-order valence-electron chi connectivity index (χ0n) is 17.5. The van der Waals surface area contributed by atoms with Crippen LogP contribution in [0.2, 0.25) is 0 Å². The van der Waals surface area contributed by atoms with E-state index in [0.717, 1.165) is 0 Å². The molecule has 0 aliphatic carbocycles. The lowest BCUT2D eigenvalue weighted by Crippen LogP contribution is -2.34. The van der Waals surface area contributed by atoms with Crippen LogP contribution >= 0.6 is 0 Å². The standard InChI is InChI=1S/2C5H11NO2.2C3H7NO3/c2*1-3(2)4(6)5(7)8;2*4-2(1-5)3(6)7/h2*3-4H,6H2,1-2H3,(H,7,8);2*2,5H,1,4H2,(H,6,7). The van der Waals surface area contributed by atoms with E-state index in [-0.39, 0.29) is 11.8 Å². The Hall–Kier alpha value is -2.36. The lowest BCUT2D eigenvalue weighted by molar-refractivity contribution is -0.140. The molecule has 14 nitrogen and oxygen atoms in total. The molecule has 14 heteroatoms. The quantitative estimate of drug-likeness (QED) is 0.177. The van der Waals surface area contributed by atoms with E-state index in [9.17, 15) is 19.2 Å². The SMILES string of the molecule is CC(C)C(N)C(=O)O.CC(C)C(N)C(=O)O.NC(CO)C(=O)O.NC(CO)C(=O)O. The second kappa shape index (κ2) is 19.9. The first-order valence-electron chi connectivity index (χ1n) is 8.62. The van der Waals surface area contributed by atoms with Crippen molar-refractivity contribution in [2.75, 3.05) is 13.2 Å². The Morgan fingerprint density at radius 2 is 0.767 bits per heavy atom. The predicted molar refractivity (Wildman–Crippen MR) is 106 cm³/mol. The minimum Gasteiger partial charge on any atom is -0.480 e. The summed E-state index contributed by atoms with van der Waals surface area (Å²) in [4.78, 5) is 39.3. The van der Waals surface area contributed by atoms with Gasteiger partial charge in [-0.3, -0.25) is 19.2 Å². The van der Waals surface area contributed by atoms with Crippen LogP contribution in [0.15, 0.2) is 0 Å². The molecule has 30 heavy (non-hydrogen) atoms. The second-order valence-electron chi connectivity index (χ2n) is 6.47. The van der Waals surface area contributed by atoms with E-state index in [1.165, 1.54) is 0 Å². The first kappa shape index (κ1) is 35.1. The Morgan fingerprint density at radius 1 is 0.567 bits per heavy atom. The number of carboxylic acid groups (broad SMARTS) is 4. The van der Waals surface area contributed by atoms with Crippen molar-refractivity contribution >= 4 is 23.9 Å². The Labute approximate surface area is 174 Å². The van der Waals surface area contributed by atoms with Crippen LogP contribution in [0, 0.1) is 11.8 Å². The summed E-state index contributed by atoms with van der Waals surface area (Å²) in [5.74, 6) is -4.18. The minimum absolute atomic E-state index is 0.0208. The molecule has 0 aromatic carbocycles. The molecule has 0 fully saturated rings. The Balaban J connectivity index is -0.000000151. The minimum atomic E-state index is -1.18. The predicted octanol–water partition coefficient (Wildman–Crippen LogP) is -3.11. The summed E-state index contributed by atoms with van der Waals surface area (Å²) in [6.45, 7) is 6.10. The van der Waals surface area contributed by atoms with Crippen molar-refractivity contribution in [3.05, 3.63) is 0 Å². The van der Waals surface area contributed by atoms with Gasteiger partial charge in [0.1, 0.15) is 24.2 Å². The molecule has 0 bridgehead atoms. The summed E-state index contributed by atoms with van der Waals surface area (Å²) in [6, 6.07) is -3.68. The molecule has 0 amide bonds. The van der Waals surface area contributed by atoms with Gasteiger partial charge in [0, 0.05) is 0 Å². The molecule has 4 unspecified atom stereocenters. The number of hydrogen-bond donors (Lipinski definition) is 10. The zero-order chi connectivity index (χ0) is 25.2. The van der Waals surface area contributed by atoms with Crippen LogP contribution in [0.1, 0.15) is 27.7 Å². The Bertz CT molecular complexity index is 458. The van der Waals surface area contributed by atoms with E-state index in [1.807, 2.05) is 0 Å². The van der Waals surface area contributed by atoms with Crippen LogP contribution in [0.5, 0.6) is 0 Å². The van der Waals surface area contributed by atoms with E-state index in [0.29, 0.717) is 0 Å². The molecule has 4 atom stereocenters. The van der Waals surface area contributed by atoms with Crippen molar-refractivity contribution in [1.82, 2.24) is 0 Å². The van der Waals surface area contributed by atoms with Gasteiger partial charge in [-0.15, -0.1) is 0 Å². The van der Waals surface area contributed by atoms with Crippen LogP contribution in [0.3, 0.4) is 0 Å². The maximum absolute atomic E-state index is 10.0. The van der Waals surface area contributed by atoms with Gasteiger partial charge in [0.25, 0.3) is 0 Å². The van der Waals surface area contributed by atoms with Crippen LogP contribution in [-0.4, -0.2) is 91.9 Å². The molecule has 0 saturated carbocycles. The summed E-state index contributed by atoms with van der Waals surface area (Å²) in [5, 5.41) is 48.2. The molecule has 0 aromatic heterocycles. The van der Waals surface area contributed by atoms with Crippen molar-refractivity contribution in [2.45, 2.75) is 51.9 Å². The molecular formula is C16H36N4O10. The average molecular weight is 444 g/mol. The van der Waals surface area contributed by atoms with Crippen LogP contribution in [0.4, 0.5) is 0 Å². The van der Waals surface area contributed by atoms with Gasteiger partial charge in [-0.1, -0.05) is 27.7 Å². The number of aliphatic carboxylic acids is 4. The summed E-state index contributed by atoms with van der Waals surface area (Å²) in [6.07, 6.45) is 0. The van der Waals surface area contributed by atoms with E-state index >= 15 is 0 Å². The molecule has 180 valence electrons. The number of nitrogens with two attached hydrogens (primary N) is 4. The molecule has 0 aromatic rings. The van der Waals surface area contributed by atoms with Gasteiger partial charge in [0.05, 0.1) is 13.2 Å². The maximum Gasteiger partial charge on any atom is 0.322 e. The third-order valence-corrected chi connectivity index (χ3v) is 3.03. The van der Waals surface area contributed by atoms with Crippen molar-refractivity contribution in [3.63, 3.8) is 0 Å². The van der Waals surface area contributed by atoms with Gasteiger partial charge in [-0.05, 0) is 11.8 Å². The van der Waals surface area contributed by atoms with Crippen LogP contribution in [-0.2, 0) is 19.2 Å². The highest BCUT2D eigenvalue weighted by molar-refractivity contribution is 5.74. The summed E-state index contributed by atoms with van der Waals surface area (Å²) >= 11 is 0. The van der Waals surface area contributed by atoms with E-state index in [4.69, 9.17) is 53.6 Å². The molecular weight excluding hydrogens is 408 g/mol. The molecule has 0 rings (SSSR count). The average Bonchev–Trinajstić information content (AvgIpc) is 2.65. The number of carboxylic acids is 4. The van der Waals surface area contributed by atoms with E-state index in [2.05, 4.69) is 0 Å². The van der Waals surface area contributed by atoms with Gasteiger partial charge in [-0.2, -0.15) is 0 Å². The molecule has 14 N–H and O–H groups in total. The zero-order valence-corrected chi connectivity index (χ0v) is 17.5. The first-order valence-corrected chi connectivity index (χ1v) is 8.62. The lowest BCUT2D eigenvalue weighted by atomic mass is 10.1. The fraction of sp³-hybridized carbons (Fsp3) is 0.750. The smallest absolute Gasteiger partial charge is 0.322 e. The monoisotopic (exact) mass is 444 g/mol. The van der Waals surface area contributed by atoms with Crippen molar-refractivity contribution in [1.29, 1.82) is 0 Å². The van der Waals surface area contributed by atoms with Crippen LogP contribution < -0.4 is 22.9 Å². The Morgan fingerprint density at radius 3 is 0.767 bits per heavy atom. The molecule has 0 aliphatic rings. The normalized spacial score (nSPS) is 13.7. The summed E-state index contributed by atoms with van der Waals surface area (Å²) < 4.78 is 0. The van der Waals surface area contributed by atoms with Crippen molar-refractivity contribution in [3.8, 4) is 0 Å². The number of hydrogen-bond acceptors (Lipinski definition) is 10. The van der Waals surface area contributed by atoms with Gasteiger partial charge in [0.2, 0.25) is 0 Å². The molecule has 0 spiro atoms. The summed E-state index contributed by atoms with van der Waals surface area (Å²) in [5.41, 5.74) is 19.9. The number of carbonyl (C=O) groups is 4. The molecule has 0 saturated heterocycles. The second-order valence-corrected chi connectivity index (χ2v) is 6.47. The third kappa shape index (κ3) is 23.7. The van der Waals surface area contributed by atoms with Gasteiger partial charge in [0.15, 0.2) is 0 Å². The fourth-order valence-corrected chi connectivity index (χ4v) is 0.726. The molecule has 0 aliphatic heterocycles. The highest BCUT2D eigenvalue weighted by atomic mass is 16.4. The van der Waals surface area contributed by atoms with E-state index in [1.54, 1.807) is 27.7 Å². The largest absolute Gasteiger partial charge is 0.480 e. The Kier molecular flexibility index (Phi) is 23.3. The molecule has 0 heterocycles. The third-order valence-electron chi connectivity index (χ3n) is 3.03. The topological polar surface area (TPSA) is 294 Å². The number of rotatable bonds is 8. The fourth-order valence-electron chi connectivity index (χ4n) is 0.726. The van der Waals surface area contributed by atoms with Gasteiger partial charge >= 0.3 is 23.9 Å². The van der Waals surface area contributed by atoms with Gasteiger partial charge < -0.3 is 53.6 Å². The maximum atomic E-state index is 10.0. The highest BCUT2D eigenvalue weighted by Crippen LogP contribution is 1.96. The number of aliphatic hydroxyl groups is 2. The number of aliphatic hydroxyl groups excluding tert-OH is 2. The summed E-state index contributed by atoms with van der Waals surface area (Å²) in [7, 11) is 0.